The monoisotopic (exact) mass is 428 g/mol. The molecule has 1 atom stereocenters. The lowest BCUT2D eigenvalue weighted by atomic mass is 10.2. The molecule has 0 N–H and O–H groups in total. The van der Waals surface area contributed by atoms with Crippen LogP contribution >= 0.6 is 0 Å². The van der Waals surface area contributed by atoms with Crippen LogP contribution in [0.4, 0.5) is 11.4 Å². The number of aromatic nitrogens is 2. The Morgan fingerprint density at radius 1 is 1.00 bits per heavy atom. The van der Waals surface area contributed by atoms with Crippen molar-refractivity contribution in [3.63, 3.8) is 0 Å². The SMILES string of the molecule is CCOC(=O)CN1c2ccccc2N(C)[C@H]1c1ccc(-c2ccn(-c3ccccc3)n2)o1. The van der Waals surface area contributed by atoms with Crippen molar-refractivity contribution in [3.8, 4) is 17.1 Å². The molecular formula is C25H24N4O3. The quantitative estimate of drug-likeness (QED) is 0.417. The summed E-state index contributed by atoms with van der Waals surface area (Å²) in [5, 5.41) is 4.66. The molecule has 0 fully saturated rings. The van der Waals surface area contributed by atoms with Gasteiger partial charge in [-0.3, -0.25) is 4.79 Å². The molecule has 162 valence electrons. The number of ether oxygens (including phenoxy) is 1. The van der Waals surface area contributed by atoms with Crippen molar-refractivity contribution in [1.29, 1.82) is 0 Å². The fourth-order valence-electron chi connectivity index (χ4n) is 4.15. The molecule has 0 bridgehead atoms. The molecule has 2 aromatic heterocycles. The van der Waals surface area contributed by atoms with Crippen molar-refractivity contribution in [2.45, 2.75) is 13.1 Å². The van der Waals surface area contributed by atoms with Gasteiger partial charge >= 0.3 is 5.97 Å². The Hall–Kier alpha value is -4.00. The Morgan fingerprint density at radius 3 is 2.53 bits per heavy atom. The number of fused-ring (bicyclic) bond motifs is 1. The Balaban J connectivity index is 1.46. The topological polar surface area (TPSA) is 63.7 Å². The van der Waals surface area contributed by atoms with Crippen LogP contribution in [0.2, 0.25) is 0 Å². The van der Waals surface area contributed by atoms with Crippen LogP contribution in [0.3, 0.4) is 0 Å². The summed E-state index contributed by atoms with van der Waals surface area (Å²) >= 11 is 0. The van der Waals surface area contributed by atoms with Crippen LogP contribution in [0.5, 0.6) is 0 Å². The maximum Gasteiger partial charge on any atom is 0.325 e. The second-order valence-corrected chi connectivity index (χ2v) is 7.59. The largest absolute Gasteiger partial charge is 0.465 e. The van der Waals surface area contributed by atoms with Crippen LogP contribution in [-0.4, -0.2) is 35.9 Å². The summed E-state index contributed by atoms with van der Waals surface area (Å²) in [4.78, 5) is 16.5. The van der Waals surface area contributed by atoms with Gasteiger partial charge in [-0.25, -0.2) is 4.68 Å². The van der Waals surface area contributed by atoms with E-state index in [0.717, 1.165) is 28.5 Å². The first-order chi connectivity index (χ1) is 15.7. The molecular weight excluding hydrogens is 404 g/mol. The molecule has 7 heteroatoms. The zero-order valence-electron chi connectivity index (χ0n) is 18.0. The van der Waals surface area contributed by atoms with Crippen LogP contribution in [0, 0.1) is 0 Å². The first kappa shape index (κ1) is 19.9. The minimum Gasteiger partial charge on any atom is -0.465 e. The number of para-hydroxylation sites is 3. The normalized spacial score (nSPS) is 15.1. The minimum absolute atomic E-state index is 0.137. The molecule has 1 aliphatic rings. The average molecular weight is 428 g/mol. The van der Waals surface area contributed by atoms with E-state index >= 15 is 0 Å². The Morgan fingerprint density at radius 2 is 1.75 bits per heavy atom. The maximum absolute atomic E-state index is 12.3. The van der Waals surface area contributed by atoms with E-state index in [-0.39, 0.29) is 18.7 Å². The van der Waals surface area contributed by atoms with Crippen LogP contribution in [-0.2, 0) is 9.53 Å². The van der Waals surface area contributed by atoms with E-state index in [4.69, 9.17) is 9.15 Å². The highest BCUT2D eigenvalue weighted by atomic mass is 16.5. The summed E-state index contributed by atoms with van der Waals surface area (Å²) in [6, 6.07) is 23.8. The van der Waals surface area contributed by atoms with Crippen molar-refractivity contribution in [1.82, 2.24) is 9.78 Å². The van der Waals surface area contributed by atoms with Crippen LogP contribution in [0.1, 0.15) is 18.8 Å². The third kappa shape index (κ3) is 3.51. The lowest BCUT2D eigenvalue weighted by Crippen LogP contribution is -2.37. The van der Waals surface area contributed by atoms with E-state index in [9.17, 15) is 4.79 Å². The summed E-state index contributed by atoms with van der Waals surface area (Å²) < 4.78 is 13.3. The van der Waals surface area contributed by atoms with Crippen LogP contribution < -0.4 is 9.80 Å². The van der Waals surface area contributed by atoms with Crippen LogP contribution in [0.25, 0.3) is 17.1 Å². The van der Waals surface area contributed by atoms with Crippen LogP contribution in [0.15, 0.2) is 83.4 Å². The van der Waals surface area contributed by atoms with Crippen molar-refractivity contribution < 1.29 is 13.9 Å². The zero-order valence-corrected chi connectivity index (χ0v) is 18.0. The van der Waals surface area contributed by atoms with Gasteiger partial charge in [0.05, 0.1) is 23.7 Å². The fraction of sp³-hybridized carbons (Fsp3) is 0.200. The molecule has 0 unspecified atom stereocenters. The van der Waals surface area contributed by atoms with Gasteiger partial charge in [0, 0.05) is 13.2 Å². The van der Waals surface area contributed by atoms with Gasteiger partial charge in [0.15, 0.2) is 11.9 Å². The van der Waals surface area contributed by atoms with E-state index in [1.165, 1.54) is 0 Å². The molecule has 4 aromatic rings. The van der Waals surface area contributed by atoms with Gasteiger partial charge in [0.25, 0.3) is 0 Å². The number of hydrogen-bond acceptors (Lipinski definition) is 6. The first-order valence-electron chi connectivity index (χ1n) is 10.6. The van der Waals surface area contributed by atoms with Gasteiger partial charge in [0.1, 0.15) is 18.0 Å². The lowest BCUT2D eigenvalue weighted by molar-refractivity contribution is -0.141. The van der Waals surface area contributed by atoms with E-state index in [2.05, 4.69) is 10.00 Å². The minimum atomic E-state index is -0.268. The zero-order chi connectivity index (χ0) is 22.1. The molecule has 0 spiro atoms. The Kier molecular flexibility index (Phi) is 5.15. The summed E-state index contributed by atoms with van der Waals surface area (Å²) in [7, 11) is 2.00. The van der Waals surface area contributed by atoms with Crippen molar-refractivity contribution in [2.24, 2.45) is 0 Å². The molecule has 32 heavy (non-hydrogen) atoms. The summed E-state index contributed by atoms with van der Waals surface area (Å²) in [5.74, 6) is 1.14. The van der Waals surface area contributed by atoms with Crippen molar-refractivity contribution in [2.75, 3.05) is 30.0 Å². The van der Waals surface area contributed by atoms with Gasteiger partial charge in [-0.05, 0) is 49.4 Å². The molecule has 1 aliphatic heterocycles. The van der Waals surface area contributed by atoms with E-state index in [1.54, 1.807) is 0 Å². The lowest BCUT2D eigenvalue weighted by Gasteiger charge is -2.28. The number of carbonyl (C=O) groups is 1. The number of nitrogens with zero attached hydrogens (tertiary/aromatic N) is 4. The van der Waals surface area contributed by atoms with Gasteiger partial charge in [-0.1, -0.05) is 30.3 Å². The van der Waals surface area contributed by atoms with Crippen molar-refractivity contribution in [3.05, 3.63) is 84.8 Å². The number of anilines is 2. The molecule has 0 saturated carbocycles. The number of esters is 1. The predicted molar refractivity (Wildman–Crippen MR) is 123 cm³/mol. The number of hydrogen-bond donors (Lipinski definition) is 0. The summed E-state index contributed by atoms with van der Waals surface area (Å²) in [5.41, 5.74) is 3.74. The van der Waals surface area contributed by atoms with Gasteiger partial charge in [-0.2, -0.15) is 5.10 Å². The first-order valence-corrected chi connectivity index (χ1v) is 10.6. The second kappa shape index (κ2) is 8.26. The number of benzene rings is 2. The van der Waals surface area contributed by atoms with E-state index in [0.29, 0.717) is 12.4 Å². The second-order valence-electron chi connectivity index (χ2n) is 7.59. The van der Waals surface area contributed by atoms with E-state index < -0.39 is 0 Å². The molecule has 5 rings (SSSR count). The third-order valence-electron chi connectivity index (χ3n) is 5.58. The third-order valence-corrected chi connectivity index (χ3v) is 5.58. The highest BCUT2D eigenvalue weighted by molar-refractivity contribution is 5.84. The molecule has 2 aromatic carbocycles. The predicted octanol–water partition coefficient (Wildman–Crippen LogP) is 4.65. The molecule has 7 nitrogen and oxygen atoms in total. The molecule has 0 radical (unpaired) electrons. The fourth-order valence-corrected chi connectivity index (χ4v) is 4.15. The standard InChI is InChI=1S/C25H24N4O3/c1-3-31-24(30)17-28-21-12-8-7-11-20(21)27(2)25(28)23-14-13-22(32-23)19-15-16-29(26-19)18-9-5-4-6-10-18/h4-16,25H,3,17H2,1-2H3/t25-/m1/s1. The molecule has 0 saturated heterocycles. The highest BCUT2D eigenvalue weighted by Gasteiger charge is 2.38. The molecule has 0 aliphatic carbocycles. The number of furan rings is 1. The van der Waals surface area contributed by atoms with Gasteiger partial charge in [0.2, 0.25) is 0 Å². The van der Waals surface area contributed by atoms with E-state index in [1.807, 2.05) is 103 Å². The Bertz CT molecular complexity index is 1230. The number of carbonyl (C=O) groups excluding carboxylic acids is 1. The van der Waals surface area contributed by atoms with Gasteiger partial charge in [-0.15, -0.1) is 0 Å². The summed E-state index contributed by atoms with van der Waals surface area (Å²) in [6.45, 7) is 2.30. The molecule has 3 heterocycles. The molecule has 0 amide bonds. The van der Waals surface area contributed by atoms with Crippen molar-refractivity contribution >= 4 is 17.3 Å². The number of rotatable bonds is 6. The van der Waals surface area contributed by atoms with Gasteiger partial charge < -0.3 is 19.0 Å². The maximum atomic E-state index is 12.3. The Labute approximate surface area is 186 Å². The summed E-state index contributed by atoms with van der Waals surface area (Å²) in [6.07, 6.45) is 1.65. The smallest absolute Gasteiger partial charge is 0.325 e. The highest BCUT2D eigenvalue weighted by Crippen LogP contribution is 2.45. The average Bonchev–Trinajstić information content (AvgIpc) is 3.54.